The van der Waals surface area contributed by atoms with E-state index in [0.29, 0.717) is 32.2 Å². The number of hydrogen-bond donors (Lipinski definition) is 2. The molecule has 0 aliphatic heterocycles. The van der Waals surface area contributed by atoms with E-state index in [1.165, 1.54) is 42.9 Å². The van der Waals surface area contributed by atoms with Crippen LogP contribution in [0.25, 0.3) is 27.9 Å². The molecule has 0 atom stereocenters. The van der Waals surface area contributed by atoms with E-state index in [-0.39, 0.29) is 28.0 Å². The summed E-state index contributed by atoms with van der Waals surface area (Å²) in [6, 6.07) is 11.4. The Morgan fingerprint density at radius 2 is 1.85 bits per heavy atom. The van der Waals surface area contributed by atoms with Gasteiger partial charge in [0.1, 0.15) is 22.9 Å². The molecule has 1 amide bonds. The van der Waals surface area contributed by atoms with Crippen molar-refractivity contribution >= 4 is 63.6 Å². The zero-order chi connectivity index (χ0) is 27.9. The van der Waals surface area contributed by atoms with Crippen molar-refractivity contribution in [1.82, 2.24) is 20.2 Å². The van der Waals surface area contributed by atoms with E-state index in [9.17, 15) is 18.0 Å². The van der Waals surface area contributed by atoms with Crippen LogP contribution in [-0.4, -0.2) is 26.9 Å². The molecule has 3 heterocycles. The fourth-order valence-electron chi connectivity index (χ4n) is 3.79. The molecule has 0 saturated heterocycles. The second-order valence-corrected chi connectivity index (χ2v) is 9.25. The first-order valence-corrected chi connectivity index (χ1v) is 12.0. The van der Waals surface area contributed by atoms with Crippen LogP contribution in [0.3, 0.4) is 0 Å². The summed E-state index contributed by atoms with van der Waals surface area (Å²) < 4.78 is 47.2. The number of nitrogens with two attached hydrogens (primary N) is 1. The molecule has 0 bridgehead atoms. The fourth-order valence-corrected chi connectivity index (χ4v) is 4.43. The standard InChI is InChI=1S/C25H14Cl3F3N6O2/c26-17-9-19(28)18(27)8-14(17)21-5-4-12(39-21)10-34-36-24(38)15-11-35-37(23(15)32)20-6-7-33-22-13(20)2-1-3-16(22)25(29,30)31/h1-11H,32H2,(H,36,38)/b34-10+. The lowest BCUT2D eigenvalue weighted by molar-refractivity contribution is -0.136. The summed E-state index contributed by atoms with van der Waals surface area (Å²) in [5.41, 5.74) is 7.95. The molecule has 0 fully saturated rings. The number of para-hydroxylation sites is 1. The molecule has 0 radical (unpaired) electrons. The van der Waals surface area contributed by atoms with Crippen molar-refractivity contribution in [3.8, 4) is 17.0 Å². The van der Waals surface area contributed by atoms with Crippen molar-refractivity contribution in [2.75, 3.05) is 5.73 Å². The van der Waals surface area contributed by atoms with E-state index in [1.807, 2.05) is 0 Å². The number of benzene rings is 2. The van der Waals surface area contributed by atoms with Gasteiger partial charge in [0.05, 0.1) is 44.2 Å². The molecule has 3 N–H and O–H groups in total. The lowest BCUT2D eigenvalue weighted by Gasteiger charge is -2.12. The van der Waals surface area contributed by atoms with Crippen LogP contribution in [0.1, 0.15) is 21.7 Å². The Bertz CT molecular complexity index is 1760. The number of hydrogen-bond acceptors (Lipinski definition) is 6. The summed E-state index contributed by atoms with van der Waals surface area (Å²) in [5.74, 6) is -0.124. The van der Waals surface area contributed by atoms with Gasteiger partial charge in [0.15, 0.2) is 0 Å². The maximum absolute atomic E-state index is 13.4. The number of furan rings is 1. The Morgan fingerprint density at radius 3 is 2.62 bits per heavy atom. The molecule has 5 rings (SSSR count). The number of carbonyl (C=O) groups excluding carboxylic acids is 1. The monoisotopic (exact) mass is 592 g/mol. The predicted octanol–water partition coefficient (Wildman–Crippen LogP) is 7.01. The highest BCUT2D eigenvalue weighted by atomic mass is 35.5. The third kappa shape index (κ3) is 5.16. The second-order valence-electron chi connectivity index (χ2n) is 8.03. The van der Waals surface area contributed by atoms with Crippen molar-refractivity contribution in [1.29, 1.82) is 0 Å². The number of amides is 1. The highest BCUT2D eigenvalue weighted by Crippen LogP contribution is 2.37. The van der Waals surface area contributed by atoms with E-state index in [1.54, 1.807) is 18.2 Å². The van der Waals surface area contributed by atoms with Crippen LogP contribution in [0, 0.1) is 0 Å². The molecule has 8 nitrogen and oxygen atoms in total. The van der Waals surface area contributed by atoms with E-state index in [4.69, 9.17) is 45.0 Å². The number of nitrogens with zero attached hydrogens (tertiary/aromatic N) is 4. The number of hydrazone groups is 1. The molecular formula is C25H14Cl3F3N6O2. The fraction of sp³-hybridized carbons (Fsp3) is 0.0400. The topological polar surface area (TPSA) is 111 Å². The maximum Gasteiger partial charge on any atom is 0.418 e. The first-order chi connectivity index (χ1) is 18.5. The quantitative estimate of drug-likeness (QED) is 0.129. The zero-order valence-corrected chi connectivity index (χ0v) is 21.6. The molecule has 0 aliphatic rings. The van der Waals surface area contributed by atoms with E-state index < -0.39 is 17.6 Å². The Hall–Kier alpha value is -4.06. The third-order valence-electron chi connectivity index (χ3n) is 5.59. The summed E-state index contributed by atoms with van der Waals surface area (Å²) in [5, 5.41) is 9.04. The lowest BCUT2D eigenvalue weighted by Crippen LogP contribution is -2.19. The molecule has 39 heavy (non-hydrogen) atoms. The molecule has 0 aliphatic carbocycles. The molecular weight excluding hydrogens is 580 g/mol. The lowest BCUT2D eigenvalue weighted by atomic mass is 10.1. The average molecular weight is 594 g/mol. The number of carbonyl (C=O) groups is 1. The minimum absolute atomic E-state index is 0.0492. The number of nitrogen functional groups attached to an aromatic ring is 1. The minimum atomic E-state index is -4.60. The first-order valence-electron chi connectivity index (χ1n) is 10.9. The van der Waals surface area contributed by atoms with Gasteiger partial charge in [-0.3, -0.25) is 9.78 Å². The van der Waals surface area contributed by atoms with Gasteiger partial charge in [0.2, 0.25) is 0 Å². The Balaban J connectivity index is 1.36. The predicted molar refractivity (Wildman–Crippen MR) is 143 cm³/mol. The number of halogens is 6. The van der Waals surface area contributed by atoms with Crippen molar-refractivity contribution in [3.05, 3.63) is 92.9 Å². The van der Waals surface area contributed by atoms with E-state index in [0.717, 1.165) is 10.7 Å². The summed E-state index contributed by atoms with van der Waals surface area (Å²) >= 11 is 18.2. The number of alkyl halides is 3. The molecule has 0 unspecified atom stereocenters. The van der Waals surface area contributed by atoms with Gasteiger partial charge in [0.25, 0.3) is 5.91 Å². The van der Waals surface area contributed by atoms with Gasteiger partial charge in [-0.25, -0.2) is 10.1 Å². The number of anilines is 1. The minimum Gasteiger partial charge on any atom is -0.455 e. The third-order valence-corrected chi connectivity index (χ3v) is 6.63. The van der Waals surface area contributed by atoms with Crippen LogP contribution >= 0.6 is 34.8 Å². The van der Waals surface area contributed by atoms with Crippen LogP contribution in [0.2, 0.25) is 15.1 Å². The summed E-state index contributed by atoms with van der Waals surface area (Å²) in [7, 11) is 0. The number of aromatic nitrogens is 3. The highest BCUT2D eigenvalue weighted by molar-refractivity contribution is 6.44. The zero-order valence-electron chi connectivity index (χ0n) is 19.3. The SMILES string of the molecule is Nc1c(C(=O)N/N=C/c2ccc(-c3cc(Cl)c(Cl)cc3Cl)o2)cnn1-c1ccnc2c(C(F)(F)F)cccc12. The van der Waals surface area contributed by atoms with Gasteiger partial charge in [-0.05, 0) is 36.4 Å². The number of fused-ring (bicyclic) bond motifs is 1. The van der Waals surface area contributed by atoms with Crippen molar-refractivity contribution in [2.45, 2.75) is 6.18 Å². The number of nitrogens with one attached hydrogen (secondary N) is 1. The van der Waals surface area contributed by atoms with E-state index in [2.05, 4.69) is 20.6 Å². The van der Waals surface area contributed by atoms with Gasteiger partial charge >= 0.3 is 6.18 Å². The van der Waals surface area contributed by atoms with Crippen LogP contribution < -0.4 is 11.2 Å². The Kier molecular flexibility index (Phi) is 6.98. The number of pyridine rings is 1. The van der Waals surface area contributed by atoms with Gasteiger partial charge < -0.3 is 10.2 Å². The molecule has 5 aromatic rings. The highest BCUT2D eigenvalue weighted by Gasteiger charge is 2.33. The molecule has 2 aromatic carbocycles. The van der Waals surface area contributed by atoms with Gasteiger partial charge in [0, 0.05) is 17.1 Å². The van der Waals surface area contributed by atoms with Crippen molar-refractivity contribution in [3.63, 3.8) is 0 Å². The Morgan fingerprint density at radius 1 is 1.08 bits per heavy atom. The maximum atomic E-state index is 13.4. The van der Waals surface area contributed by atoms with Gasteiger partial charge in [-0.15, -0.1) is 0 Å². The summed E-state index contributed by atoms with van der Waals surface area (Å²) in [6.07, 6.45) is -0.965. The molecule has 14 heteroatoms. The van der Waals surface area contributed by atoms with Crippen LogP contribution in [0.5, 0.6) is 0 Å². The molecule has 0 spiro atoms. The van der Waals surface area contributed by atoms with Crippen LogP contribution in [0.4, 0.5) is 19.0 Å². The molecule has 3 aromatic heterocycles. The van der Waals surface area contributed by atoms with Crippen LogP contribution in [-0.2, 0) is 6.18 Å². The van der Waals surface area contributed by atoms with Crippen molar-refractivity contribution < 1.29 is 22.4 Å². The normalized spacial score (nSPS) is 11.9. The average Bonchev–Trinajstić information content (AvgIpc) is 3.51. The smallest absolute Gasteiger partial charge is 0.418 e. The van der Waals surface area contributed by atoms with E-state index >= 15 is 0 Å². The van der Waals surface area contributed by atoms with Gasteiger partial charge in [-0.2, -0.15) is 23.4 Å². The molecule has 0 saturated carbocycles. The summed E-state index contributed by atoms with van der Waals surface area (Å²) in [6.45, 7) is 0. The second kappa shape index (κ2) is 10.3. The first kappa shape index (κ1) is 26.5. The number of rotatable bonds is 5. The van der Waals surface area contributed by atoms with Crippen molar-refractivity contribution in [2.24, 2.45) is 5.10 Å². The largest absolute Gasteiger partial charge is 0.455 e. The van der Waals surface area contributed by atoms with Crippen LogP contribution in [0.15, 0.2) is 70.4 Å². The Labute approximate surface area is 232 Å². The van der Waals surface area contributed by atoms with Gasteiger partial charge in [-0.1, -0.05) is 46.9 Å². The summed E-state index contributed by atoms with van der Waals surface area (Å²) in [4.78, 5) is 16.6. The molecule has 198 valence electrons.